The second-order valence-electron chi connectivity index (χ2n) is 4.75. The standard InChI is InChI=1S/C12H14BrFN2O2S2/c13-10-8(12(15)19)3-4-9(11(10)14)16-7-2-1-5-20(17,18)6-7/h3-4,7,16H,1-2,5-6H2,(H2,15,19). The molecule has 0 aliphatic carbocycles. The predicted octanol–water partition coefficient (Wildman–Crippen LogP) is 2.21. The fraction of sp³-hybridized carbons (Fsp3) is 0.417. The van der Waals surface area contributed by atoms with Crippen LogP contribution in [0.1, 0.15) is 18.4 Å². The van der Waals surface area contributed by atoms with Gasteiger partial charge in [-0.05, 0) is 40.9 Å². The first-order valence-corrected chi connectivity index (χ1v) is 9.07. The summed E-state index contributed by atoms with van der Waals surface area (Å²) in [5, 5.41) is 2.94. The molecule has 0 aromatic heterocycles. The normalized spacial score (nSPS) is 21.4. The zero-order valence-corrected chi connectivity index (χ0v) is 13.7. The van der Waals surface area contributed by atoms with Crippen LogP contribution in [0.15, 0.2) is 16.6 Å². The van der Waals surface area contributed by atoms with E-state index in [1.54, 1.807) is 6.07 Å². The number of hydrogen-bond acceptors (Lipinski definition) is 4. The Hall–Kier alpha value is -0.730. The van der Waals surface area contributed by atoms with E-state index in [1.807, 2.05) is 0 Å². The maximum atomic E-state index is 14.2. The number of nitrogens with one attached hydrogen (secondary N) is 1. The van der Waals surface area contributed by atoms with Crippen molar-refractivity contribution in [2.75, 3.05) is 16.8 Å². The Morgan fingerprint density at radius 1 is 1.50 bits per heavy atom. The van der Waals surface area contributed by atoms with Crippen molar-refractivity contribution in [3.8, 4) is 0 Å². The molecular formula is C12H14BrFN2O2S2. The Bertz CT molecular complexity index is 649. The van der Waals surface area contributed by atoms with E-state index in [0.717, 1.165) is 0 Å². The lowest BCUT2D eigenvalue weighted by molar-refractivity contribution is 0.559. The molecule has 3 N–H and O–H groups in total. The van der Waals surface area contributed by atoms with E-state index in [0.29, 0.717) is 18.4 Å². The van der Waals surface area contributed by atoms with Crippen molar-refractivity contribution in [1.82, 2.24) is 0 Å². The van der Waals surface area contributed by atoms with Crippen LogP contribution in [-0.2, 0) is 9.84 Å². The van der Waals surface area contributed by atoms with E-state index in [-0.39, 0.29) is 32.7 Å². The van der Waals surface area contributed by atoms with Gasteiger partial charge in [-0.2, -0.15) is 0 Å². The van der Waals surface area contributed by atoms with E-state index < -0.39 is 15.7 Å². The van der Waals surface area contributed by atoms with Gasteiger partial charge < -0.3 is 11.1 Å². The summed E-state index contributed by atoms with van der Waals surface area (Å²) in [4.78, 5) is 0.0996. The van der Waals surface area contributed by atoms with Crippen LogP contribution in [0, 0.1) is 5.82 Å². The van der Waals surface area contributed by atoms with Crippen LogP contribution in [0.3, 0.4) is 0 Å². The van der Waals surface area contributed by atoms with E-state index in [2.05, 4.69) is 21.2 Å². The zero-order chi connectivity index (χ0) is 14.9. The van der Waals surface area contributed by atoms with E-state index in [9.17, 15) is 12.8 Å². The van der Waals surface area contributed by atoms with Crippen molar-refractivity contribution >= 4 is 48.7 Å². The second-order valence-corrected chi connectivity index (χ2v) is 8.21. The first-order chi connectivity index (χ1) is 9.30. The van der Waals surface area contributed by atoms with E-state index >= 15 is 0 Å². The molecule has 0 saturated carbocycles. The molecule has 1 atom stereocenters. The number of sulfone groups is 1. The summed E-state index contributed by atoms with van der Waals surface area (Å²) >= 11 is 7.94. The lowest BCUT2D eigenvalue weighted by Gasteiger charge is -2.24. The molecule has 0 radical (unpaired) electrons. The molecule has 2 rings (SSSR count). The Labute approximate surface area is 131 Å². The molecule has 1 heterocycles. The minimum Gasteiger partial charge on any atom is -0.389 e. The largest absolute Gasteiger partial charge is 0.389 e. The van der Waals surface area contributed by atoms with Gasteiger partial charge in [-0.25, -0.2) is 12.8 Å². The Balaban J connectivity index is 2.22. The molecule has 1 aromatic carbocycles. The van der Waals surface area contributed by atoms with Crippen molar-refractivity contribution in [3.05, 3.63) is 28.0 Å². The molecule has 1 aliphatic heterocycles. The Kier molecular flexibility index (Phi) is 4.66. The first-order valence-electron chi connectivity index (χ1n) is 6.05. The third kappa shape index (κ3) is 3.48. The summed E-state index contributed by atoms with van der Waals surface area (Å²) in [6.07, 6.45) is 1.29. The van der Waals surface area contributed by atoms with Crippen LogP contribution in [0.2, 0.25) is 0 Å². The van der Waals surface area contributed by atoms with Crippen molar-refractivity contribution in [2.45, 2.75) is 18.9 Å². The maximum Gasteiger partial charge on any atom is 0.161 e. The molecular weight excluding hydrogens is 367 g/mol. The van der Waals surface area contributed by atoms with E-state index in [1.165, 1.54) is 6.07 Å². The van der Waals surface area contributed by atoms with Gasteiger partial charge >= 0.3 is 0 Å². The molecule has 1 aliphatic rings. The summed E-state index contributed by atoms with van der Waals surface area (Å²) in [5.41, 5.74) is 6.15. The zero-order valence-electron chi connectivity index (χ0n) is 10.5. The number of halogens is 2. The quantitative estimate of drug-likeness (QED) is 0.786. The number of nitrogens with two attached hydrogens (primary N) is 1. The SMILES string of the molecule is NC(=S)c1ccc(NC2CCCS(=O)(=O)C2)c(F)c1Br. The molecule has 4 nitrogen and oxygen atoms in total. The van der Waals surface area contributed by atoms with Crippen molar-refractivity contribution in [3.63, 3.8) is 0 Å². The molecule has 1 saturated heterocycles. The van der Waals surface area contributed by atoms with Gasteiger partial charge in [0.1, 0.15) is 4.99 Å². The van der Waals surface area contributed by atoms with Crippen LogP contribution in [0.25, 0.3) is 0 Å². The van der Waals surface area contributed by atoms with Crippen LogP contribution in [-0.4, -0.2) is 31.0 Å². The second kappa shape index (κ2) is 5.95. The average Bonchev–Trinajstić information content (AvgIpc) is 2.33. The van der Waals surface area contributed by atoms with Gasteiger partial charge in [0.2, 0.25) is 0 Å². The topological polar surface area (TPSA) is 72.2 Å². The van der Waals surface area contributed by atoms with Gasteiger partial charge in [0, 0.05) is 11.6 Å². The predicted molar refractivity (Wildman–Crippen MR) is 85.3 cm³/mol. The van der Waals surface area contributed by atoms with Gasteiger partial charge in [0.05, 0.1) is 21.7 Å². The number of rotatable bonds is 3. The molecule has 1 fully saturated rings. The minimum absolute atomic E-state index is 0.0289. The van der Waals surface area contributed by atoms with Gasteiger partial charge in [-0.3, -0.25) is 0 Å². The third-order valence-corrected chi connectivity index (χ3v) is 5.99. The monoisotopic (exact) mass is 380 g/mol. The number of anilines is 1. The number of thiocarbonyl (C=S) groups is 1. The lowest BCUT2D eigenvalue weighted by atomic mass is 10.1. The van der Waals surface area contributed by atoms with E-state index in [4.69, 9.17) is 18.0 Å². The Morgan fingerprint density at radius 2 is 2.20 bits per heavy atom. The van der Waals surface area contributed by atoms with Gasteiger partial charge in [0.15, 0.2) is 15.7 Å². The van der Waals surface area contributed by atoms with Gasteiger partial charge in [-0.1, -0.05) is 12.2 Å². The van der Waals surface area contributed by atoms with Crippen LogP contribution >= 0.6 is 28.1 Å². The van der Waals surface area contributed by atoms with Crippen molar-refractivity contribution in [2.24, 2.45) is 5.73 Å². The lowest BCUT2D eigenvalue weighted by Crippen LogP contribution is -2.35. The molecule has 20 heavy (non-hydrogen) atoms. The van der Waals surface area contributed by atoms with Crippen LogP contribution < -0.4 is 11.1 Å². The fourth-order valence-corrected chi connectivity index (χ4v) is 4.70. The minimum atomic E-state index is -3.03. The van der Waals surface area contributed by atoms with Crippen molar-refractivity contribution in [1.29, 1.82) is 0 Å². The summed E-state index contributed by atoms with van der Waals surface area (Å²) in [5.74, 6) is -0.281. The molecule has 0 amide bonds. The first kappa shape index (κ1) is 15.7. The number of benzene rings is 1. The molecule has 8 heteroatoms. The summed E-state index contributed by atoms with van der Waals surface area (Å²) in [7, 11) is -3.03. The maximum absolute atomic E-state index is 14.2. The summed E-state index contributed by atoms with van der Waals surface area (Å²) in [6.45, 7) is 0. The van der Waals surface area contributed by atoms with Crippen LogP contribution in [0.5, 0.6) is 0 Å². The van der Waals surface area contributed by atoms with Gasteiger partial charge in [0.25, 0.3) is 0 Å². The molecule has 1 aromatic rings. The van der Waals surface area contributed by atoms with Gasteiger partial charge in [-0.15, -0.1) is 0 Å². The Morgan fingerprint density at radius 3 is 2.80 bits per heavy atom. The fourth-order valence-electron chi connectivity index (χ4n) is 2.21. The molecule has 0 bridgehead atoms. The highest BCUT2D eigenvalue weighted by Gasteiger charge is 2.25. The molecule has 1 unspecified atom stereocenters. The average molecular weight is 381 g/mol. The highest BCUT2D eigenvalue weighted by atomic mass is 79.9. The molecule has 0 spiro atoms. The van der Waals surface area contributed by atoms with Crippen LogP contribution in [0.4, 0.5) is 10.1 Å². The molecule has 110 valence electrons. The smallest absolute Gasteiger partial charge is 0.161 e. The summed E-state index contributed by atoms with van der Waals surface area (Å²) < 4.78 is 37.5. The van der Waals surface area contributed by atoms with Crippen molar-refractivity contribution < 1.29 is 12.8 Å². The highest BCUT2D eigenvalue weighted by Crippen LogP contribution is 2.28. The highest BCUT2D eigenvalue weighted by molar-refractivity contribution is 9.10. The number of hydrogen-bond donors (Lipinski definition) is 2. The summed E-state index contributed by atoms with van der Waals surface area (Å²) in [6, 6.07) is 2.86. The third-order valence-electron chi connectivity index (χ3n) is 3.17.